The van der Waals surface area contributed by atoms with Gasteiger partial charge in [0.2, 0.25) is 0 Å². The van der Waals surface area contributed by atoms with Crippen molar-refractivity contribution in [2.45, 2.75) is 5.16 Å². The standard InChI is InChI=1S/C10H8N4O2S2/c1-16-7(15)4-18-10-13-12-8-6-2-3-17-9(6)11-5-14(8)10/h2-3,5H,4H2,1H3. The molecule has 0 aliphatic carbocycles. The van der Waals surface area contributed by atoms with Gasteiger partial charge in [-0.05, 0) is 11.4 Å². The number of carbonyl (C=O) groups is 1. The average molecular weight is 280 g/mol. The molecule has 0 saturated heterocycles. The van der Waals surface area contributed by atoms with Crippen LogP contribution in [-0.4, -0.2) is 38.4 Å². The van der Waals surface area contributed by atoms with Gasteiger partial charge in [0.15, 0.2) is 10.8 Å². The topological polar surface area (TPSA) is 69.4 Å². The highest BCUT2D eigenvalue weighted by molar-refractivity contribution is 7.99. The molecule has 0 bridgehead atoms. The highest BCUT2D eigenvalue weighted by atomic mass is 32.2. The van der Waals surface area contributed by atoms with Gasteiger partial charge in [-0.3, -0.25) is 9.20 Å². The minimum atomic E-state index is -0.290. The molecule has 3 rings (SSSR count). The van der Waals surface area contributed by atoms with E-state index in [0.29, 0.717) is 5.16 Å². The molecule has 0 spiro atoms. The summed E-state index contributed by atoms with van der Waals surface area (Å²) in [4.78, 5) is 16.4. The normalized spacial score (nSPS) is 11.2. The Kier molecular flexibility index (Phi) is 2.88. The third-order valence-corrected chi connectivity index (χ3v) is 4.12. The van der Waals surface area contributed by atoms with Crippen LogP contribution in [0, 0.1) is 0 Å². The lowest BCUT2D eigenvalue weighted by Crippen LogP contribution is -2.03. The lowest BCUT2D eigenvalue weighted by molar-refractivity contribution is -0.137. The zero-order valence-corrected chi connectivity index (χ0v) is 11.0. The first-order valence-corrected chi connectivity index (χ1v) is 6.92. The molecule has 18 heavy (non-hydrogen) atoms. The maximum absolute atomic E-state index is 11.1. The van der Waals surface area contributed by atoms with Gasteiger partial charge in [0.1, 0.15) is 11.2 Å². The number of nitrogens with zero attached hydrogens (tertiary/aromatic N) is 4. The van der Waals surface area contributed by atoms with Crippen molar-refractivity contribution in [1.29, 1.82) is 0 Å². The van der Waals surface area contributed by atoms with Crippen LogP contribution in [0.5, 0.6) is 0 Å². The first kappa shape index (κ1) is 11.4. The van der Waals surface area contributed by atoms with Crippen molar-refractivity contribution in [1.82, 2.24) is 19.6 Å². The first-order valence-electron chi connectivity index (χ1n) is 5.06. The van der Waals surface area contributed by atoms with Crippen LogP contribution < -0.4 is 0 Å². The molecular formula is C10H8N4O2S2. The van der Waals surface area contributed by atoms with E-state index in [9.17, 15) is 4.79 Å². The van der Waals surface area contributed by atoms with Gasteiger partial charge in [-0.25, -0.2) is 4.98 Å². The highest BCUT2D eigenvalue weighted by Crippen LogP contribution is 2.24. The predicted molar refractivity (Wildman–Crippen MR) is 68.9 cm³/mol. The van der Waals surface area contributed by atoms with Gasteiger partial charge in [0.25, 0.3) is 0 Å². The fourth-order valence-electron chi connectivity index (χ4n) is 1.53. The van der Waals surface area contributed by atoms with Crippen LogP contribution in [0.15, 0.2) is 22.9 Å². The van der Waals surface area contributed by atoms with E-state index >= 15 is 0 Å². The minimum Gasteiger partial charge on any atom is -0.468 e. The SMILES string of the molecule is COC(=O)CSc1nnc2c3ccsc3ncn12. The summed E-state index contributed by atoms with van der Waals surface area (Å²) in [6.45, 7) is 0. The van der Waals surface area contributed by atoms with Gasteiger partial charge < -0.3 is 4.74 Å². The highest BCUT2D eigenvalue weighted by Gasteiger charge is 2.12. The van der Waals surface area contributed by atoms with E-state index in [-0.39, 0.29) is 11.7 Å². The number of esters is 1. The van der Waals surface area contributed by atoms with Crippen LogP contribution in [0.25, 0.3) is 15.9 Å². The van der Waals surface area contributed by atoms with E-state index in [1.165, 1.54) is 18.9 Å². The Bertz CT molecular complexity index is 721. The second kappa shape index (κ2) is 4.54. The summed E-state index contributed by atoms with van der Waals surface area (Å²) in [6.07, 6.45) is 1.67. The summed E-state index contributed by atoms with van der Waals surface area (Å²) in [5, 5.41) is 11.8. The Morgan fingerprint density at radius 3 is 3.28 bits per heavy atom. The molecule has 0 atom stereocenters. The molecule has 0 saturated carbocycles. The van der Waals surface area contributed by atoms with Crippen molar-refractivity contribution in [3.05, 3.63) is 17.8 Å². The second-order valence-corrected chi connectivity index (χ2v) is 5.26. The van der Waals surface area contributed by atoms with Gasteiger partial charge in [0, 0.05) is 0 Å². The first-order chi connectivity index (χ1) is 8.79. The van der Waals surface area contributed by atoms with E-state index in [4.69, 9.17) is 0 Å². The number of aromatic nitrogens is 4. The maximum atomic E-state index is 11.1. The third kappa shape index (κ3) is 1.83. The number of thioether (sulfide) groups is 1. The molecule has 0 unspecified atom stereocenters. The predicted octanol–water partition coefficient (Wildman–Crippen LogP) is 1.60. The van der Waals surface area contributed by atoms with Gasteiger partial charge >= 0.3 is 5.97 Å². The molecule has 0 N–H and O–H groups in total. The van der Waals surface area contributed by atoms with Crippen molar-refractivity contribution in [3.63, 3.8) is 0 Å². The summed E-state index contributed by atoms with van der Waals surface area (Å²) in [7, 11) is 1.36. The zero-order valence-electron chi connectivity index (χ0n) is 9.36. The number of rotatable bonds is 3. The Morgan fingerprint density at radius 1 is 1.56 bits per heavy atom. The second-order valence-electron chi connectivity index (χ2n) is 3.42. The fourth-order valence-corrected chi connectivity index (χ4v) is 2.99. The van der Waals surface area contributed by atoms with Crippen LogP contribution >= 0.6 is 23.1 Å². The quantitative estimate of drug-likeness (QED) is 0.536. The molecule has 0 amide bonds. The maximum Gasteiger partial charge on any atom is 0.316 e. The number of hydrogen-bond acceptors (Lipinski definition) is 7. The number of fused-ring (bicyclic) bond motifs is 3. The van der Waals surface area contributed by atoms with Gasteiger partial charge in [0.05, 0.1) is 18.2 Å². The zero-order chi connectivity index (χ0) is 12.5. The molecule has 8 heteroatoms. The Labute approximate surface area is 110 Å². The van der Waals surface area contributed by atoms with E-state index in [0.717, 1.165) is 15.9 Å². The van der Waals surface area contributed by atoms with E-state index in [2.05, 4.69) is 19.9 Å². The van der Waals surface area contributed by atoms with E-state index < -0.39 is 0 Å². The van der Waals surface area contributed by atoms with E-state index in [1.807, 2.05) is 11.4 Å². The molecule has 3 aromatic heterocycles. The summed E-state index contributed by atoms with van der Waals surface area (Å²) in [5.74, 6) is -0.0831. The molecule has 0 radical (unpaired) electrons. The molecule has 0 aliphatic rings. The average Bonchev–Trinajstić information content (AvgIpc) is 3.01. The Balaban J connectivity index is 2.01. The molecule has 0 fully saturated rings. The monoisotopic (exact) mass is 280 g/mol. The van der Waals surface area contributed by atoms with Gasteiger partial charge in [-0.2, -0.15) is 0 Å². The van der Waals surface area contributed by atoms with Gasteiger partial charge in [-0.1, -0.05) is 11.8 Å². The number of methoxy groups -OCH3 is 1. The van der Waals surface area contributed by atoms with Crippen LogP contribution in [0.1, 0.15) is 0 Å². The van der Waals surface area contributed by atoms with Crippen molar-refractivity contribution in [3.8, 4) is 0 Å². The summed E-state index contributed by atoms with van der Waals surface area (Å²) in [6, 6.07) is 1.96. The lowest BCUT2D eigenvalue weighted by atomic mass is 10.4. The summed E-state index contributed by atoms with van der Waals surface area (Å²) < 4.78 is 6.37. The lowest BCUT2D eigenvalue weighted by Gasteiger charge is -1.98. The number of ether oxygens (including phenoxy) is 1. The number of carbonyl (C=O) groups excluding carboxylic acids is 1. The van der Waals surface area contributed by atoms with Crippen LogP contribution in [0.2, 0.25) is 0 Å². The third-order valence-electron chi connectivity index (χ3n) is 2.39. The smallest absolute Gasteiger partial charge is 0.316 e. The van der Waals surface area contributed by atoms with Crippen molar-refractivity contribution in [2.24, 2.45) is 0 Å². The van der Waals surface area contributed by atoms with Crippen LogP contribution in [0.4, 0.5) is 0 Å². The van der Waals surface area contributed by atoms with Gasteiger partial charge in [-0.15, -0.1) is 21.5 Å². The van der Waals surface area contributed by atoms with E-state index in [1.54, 1.807) is 22.1 Å². The van der Waals surface area contributed by atoms with Crippen LogP contribution in [-0.2, 0) is 9.53 Å². The Morgan fingerprint density at radius 2 is 2.44 bits per heavy atom. The molecule has 3 heterocycles. The minimum absolute atomic E-state index is 0.207. The summed E-state index contributed by atoms with van der Waals surface area (Å²) >= 11 is 2.84. The van der Waals surface area contributed by atoms with Crippen LogP contribution in [0.3, 0.4) is 0 Å². The van der Waals surface area contributed by atoms with Crippen molar-refractivity contribution < 1.29 is 9.53 Å². The van der Waals surface area contributed by atoms with Crippen molar-refractivity contribution in [2.75, 3.05) is 12.9 Å². The largest absolute Gasteiger partial charge is 0.468 e. The number of hydrogen-bond donors (Lipinski definition) is 0. The summed E-state index contributed by atoms with van der Waals surface area (Å²) in [5.41, 5.74) is 0.758. The molecule has 0 aromatic carbocycles. The Hall–Kier alpha value is -1.67. The molecule has 3 aromatic rings. The molecule has 92 valence electrons. The fraction of sp³-hybridized carbons (Fsp3) is 0.200. The molecular weight excluding hydrogens is 272 g/mol. The number of thiophene rings is 1. The molecule has 6 nitrogen and oxygen atoms in total. The molecule has 0 aliphatic heterocycles. The van der Waals surface area contributed by atoms with Crippen molar-refractivity contribution >= 4 is 44.9 Å².